The van der Waals surface area contributed by atoms with E-state index in [0.29, 0.717) is 16.1 Å². The number of carbonyl (C=O) groups is 1. The van der Waals surface area contributed by atoms with Gasteiger partial charge in [0.25, 0.3) is 0 Å². The van der Waals surface area contributed by atoms with Crippen molar-refractivity contribution >= 4 is 44.6 Å². The zero-order valence-corrected chi connectivity index (χ0v) is 16.0. The Morgan fingerprint density at radius 1 is 1.04 bits per heavy atom. The maximum absolute atomic E-state index is 11.6. The molecule has 0 spiro atoms. The molecule has 0 unspecified atom stereocenters. The normalized spacial score (nSPS) is 12.6. The largest absolute Gasteiger partial charge is 0.545 e. The lowest BCUT2D eigenvalue weighted by Crippen LogP contribution is -2.26. The third-order valence-corrected chi connectivity index (χ3v) is 5.56. The molecular weight excluding hydrogens is 399 g/mol. The second kappa shape index (κ2) is 8.22. The lowest BCUT2D eigenvalue weighted by Gasteiger charge is -2.17. The van der Waals surface area contributed by atoms with E-state index in [1.165, 1.54) is 36.4 Å². The molecule has 1 N–H and O–H groups in total. The molecule has 2 rings (SSSR count). The first-order chi connectivity index (χ1) is 12.1. The predicted octanol–water partition coefficient (Wildman–Crippen LogP) is 2.33. The molecule has 2 aromatic rings. The van der Waals surface area contributed by atoms with Crippen molar-refractivity contribution in [2.45, 2.75) is 11.3 Å². The summed E-state index contributed by atoms with van der Waals surface area (Å²) in [5.74, 6) is -1.44. The van der Waals surface area contributed by atoms with E-state index in [2.05, 4.69) is 0 Å². The van der Waals surface area contributed by atoms with Crippen molar-refractivity contribution in [2.75, 3.05) is 12.9 Å². The average Bonchev–Trinajstić information content (AvgIpc) is 2.57. The molecule has 0 aromatic heterocycles. The van der Waals surface area contributed by atoms with E-state index in [9.17, 15) is 23.4 Å². The van der Waals surface area contributed by atoms with E-state index in [1.807, 2.05) is 0 Å². The van der Waals surface area contributed by atoms with Crippen LogP contribution < -0.4 is 5.11 Å². The number of aliphatic hydroxyl groups excluding tert-OH is 1. The van der Waals surface area contributed by atoms with Crippen molar-refractivity contribution in [3.8, 4) is 0 Å². The van der Waals surface area contributed by atoms with Crippen molar-refractivity contribution in [3.05, 3.63) is 69.2 Å². The summed E-state index contributed by atoms with van der Waals surface area (Å²) in [5.41, 5.74) is 1.05. The summed E-state index contributed by atoms with van der Waals surface area (Å²) in [6, 6.07) is 10.4. The minimum atomic E-state index is -3.39. The van der Waals surface area contributed by atoms with Crippen LogP contribution in [-0.2, 0) is 14.6 Å². The number of benzene rings is 2. The smallest absolute Gasteiger partial charge is 0.175 e. The quantitative estimate of drug-likeness (QED) is 0.733. The summed E-state index contributed by atoms with van der Waals surface area (Å²) in [7, 11) is -3.39. The number of carbonyl (C=O) groups excluding carboxylic acids is 1. The third kappa shape index (κ3) is 4.65. The fourth-order valence-electron chi connectivity index (χ4n) is 2.48. The molecule has 8 heteroatoms. The Hall–Kier alpha value is -1.86. The highest BCUT2D eigenvalue weighted by Gasteiger charge is 2.16. The van der Waals surface area contributed by atoms with Crippen molar-refractivity contribution in [1.82, 2.24) is 0 Å². The summed E-state index contributed by atoms with van der Waals surface area (Å²) in [6.07, 6.45) is 0.932. The van der Waals surface area contributed by atoms with Gasteiger partial charge in [-0.25, -0.2) is 8.42 Å². The molecule has 0 aliphatic rings. The Morgan fingerprint density at radius 2 is 1.62 bits per heavy atom. The lowest BCUT2D eigenvalue weighted by molar-refractivity contribution is -0.299. The predicted molar refractivity (Wildman–Crippen MR) is 98.7 cm³/mol. The van der Waals surface area contributed by atoms with E-state index >= 15 is 0 Å². The molecule has 5 nitrogen and oxygen atoms in total. The molecule has 0 atom stereocenters. The number of carboxylic acids is 1. The second-order valence-corrected chi connectivity index (χ2v) is 8.37. The Labute approximate surface area is 161 Å². The first-order valence-corrected chi connectivity index (χ1v) is 10.1. The number of halogens is 2. The van der Waals surface area contributed by atoms with E-state index in [0.717, 1.165) is 6.26 Å². The average molecular weight is 414 g/mol. The summed E-state index contributed by atoms with van der Waals surface area (Å²) in [6.45, 7) is -0.393. The SMILES string of the molecule is CS(=O)(=O)c1ccc(/C(=C(\CCO)C(=O)[O-])c2ccc(Cl)c(Cl)c2)cc1. The Bertz CT molecular complexity index is 964. The van der Waals surface area contributed by atoms with Gasteiger partial charge in [-0.2, -0.15) is 0 Å². The van der Waals surface area contributed by atoms with Crippen molar-refractivity contribution in [2.24, 2.45) is 0 Å². The number of aliphatic carboxylic acids is 1. The van der Waals surface area contributed by atoms with Gasteiger partial charge in [-0.15, -0.1) is 0 Å². The van der Waals surface area contributed by atoms with Crippen molar-refractivity contribution in [1.29, 1.82) is 0 Å². The number of hydrogen-bond donors (Lipinski definition) is 1. The first-order valence-electron chi connectivity index (χ1n) is 7.46. The van der Waals surface area contributed by atoms with Crippen LogP contribution in [-0.4, -0.2) is 32.4 Å². The van der Waals surface area contributed by atoms with Gasteiger partial charge in [0.1, 0.15) is 0 Å². The van der Waals surface area contributed by atoms with Gasteiger partial charge in [0.05, 0.1) is 20.9 Å². The molecule has 0 fully saturated rings. The Balaban J connectivity index is 2.73. The molecule has 0 aliphatic carbocycles. The highest BCUT2D eigenvalue weighted by atomic mass is 35.5. The highest BCUT2D eigenvalue weighted by molar-refractivity contribution is 7.90. The Morgan fingerprint density at radius 3 is 2.08 bits per heavy atom. The molecule has 26 heavy (non-hydrogen) atoms. The highest BCUT2D eigenvalue weighted by Crippen LogP contribution is 2.33. The van der Waals surface area contributed by atoms with Gasteiger partial charge in [-0.1, -0.05) is 41.4 Å². The summed E-state index contributed by atoms with van der Waals surface area (Å²) in [4.78, 5) is 11.7. The minimum absolute atomic E-state index is 0.104. The third-order valence-electron chi connectivity index (χ3n) is 3.69. The monoisotopic (exact) mass is 413 g/mol. The van der Waals surface area contributed by atoms with Gasteiger partial charge in [0.15, 0.2) is 9.84 Å². The number of rotatable bonds is 6. The van der Waals surface area contributed by atoms with Crippen LogP contribution >= 0.6 is 23.2 Å². The van der Waals surface area contributed by atoms with Crippen LogP contribution in [0.1, 0.15) is 17.5 Å². The number of carboxylic acid groups (broad SMARTS) is 1. The van der Waals surface area contributed by atoms with Gasteiger partial charge in [-0.05, 0) is 53.0 Å². The first kappa shape index (κ1) is 20.5. The van der Waals surface area contributed by atoms with Gasteiger partial charge in [0, 0.05) is 12.9 Å². The maximum atomic E-state index is 11.6. The minimum Gasteiger partial charge on any atom is -0.545 e. The van der Waals surface area contributed by atoms with E-state index in [-0.39, 0.29) is 27.5 Å². The summed E-state index contributed by atoms with van der Waals surface area (Å²) in [5, 5.41) is 21.4. The molecule has 2 aromatic carbocycles. The van der Waals surface area contributed by atoms with E-state index in [4.69, 9.17) is 23.2 Å². The topological polar surface area (TPSA) is 94.5 Å². The van der Waals surface area contributed by atoms with Crippen LogP contribution in [0.15, 0.2) is 52.9 Å². The Kier molecular flexibility index (Phi) is 6.47. The zero-order chi connectivity index (χ0) is 19.5. The summed E-state index contributed by atoms with van der Waals surface area (Å²) < 4.78 is 23.3. The van der Waals surface area contributed by atoms with Gasteiger partial charge in [-0.3, -0.25) is 0 Å². The fraction of sp³-hybridized carbons (Fsp3) is 0.167. The lowest BCUT2D eigenvalue weighted by atomic mass is 9.91. The van der Waals surface area contributed by atoms with Crippen molar-refractivity contribution in [3.63, 3.8) is 0 Å². The molecule has 138 valence electrons. The van der Waals surface area contributed by atoms with Crippen LogP contribution in [0.25, 0.3) is 5.57 Å². The standard InChI is InChI=1S/C18H16Cl2O5S/c1-26(24,25)13-5-2-11(3-6-13)17(14(8-9-21)18(22)23)12-4-7-15(19)16(20)10-12/h2-7,10,21H,8-9H2,1H3,(H,22,23)/p-1/b17-14-. The van der Waals surface area contributed by atoms with Gasteiger partial charge >= 0.3 is 0 Å². The van der Waals surface area contributed by atoms with Crippen LogP contribution in [0.3, 0.4) is 0 Å². The fourth-order valence-corrected chi connectivity index (χ4v) is 3.41. The zero-order valence-electron chi connectivity index (χ0n) is 13.7. The molecule has 0 amide bonds. The van der Waals surface area contributed by atoms with Crippen LogP contribution in [0.2, 0.25) is 10.0 Å². The summed E-state index contributed by atoms with van der Waals surface area (Å²) >= 11 is 12.0. The number of aliphatic hydroxyl groups is 1. The van der Waals surface area contributed by atoms with Gasteiger partial charge < -0.3 is 15.0 Å². The van der Waals surface area contributed by atoms with Crippen LogP contribution in [0.4, 0.5) is 0 Å². The molecule has 0 aliphatic heterocycles. The number of hydrogen-bond acceptors (Lipinski definition) is 5. The van der Waals surface area contributed by atoms with Crippen molar-refractivity contribution < 1.29 is 23.4 Å². The van der Waals surface area contributed by atoms with E-state index in [1.54, 1.807) is 6.07 Å². The molecule has 0 radical (unpaired) electrons. The second-order valence-electron chi connectivity index (χ2n) is 5.54. The molecule has 0 saturated heterocycles. The van der Waals surface area contributed by atoms with E-state index < -0.39 is 22.4 Å². The number of sulfone groups is 1. The van der Waals surface area contributed by atoms with Crippen LogP contribution in [0, 0.1) is 0 Å². The molecular formula is C18H15Cl2O5S-. The van der Waals surface area contributed by atoms with Crippen LogP contribution in [0.5, 0.6) is 0 Å². The van der Waals surface area contributed by atoms with Gasteiger partial charge in [0.2, 0.25) is 0 Å². The molecule has 0 heterocycles. The molecule has 0 saturated carbocycles. The maximum Gasteiger partial charge on any atom is 0.175 e. The molecule has 0 bridgehead atoms.